The number of aryl methyl sites for hydroxylation is 1. The summed E-state index contributed by atoms with van der Waals surface area (Å²) in [6.45, 7) is 6.22. The molecule has 2 rings (SSSR count). The number of carbonyl (C=O) groups excluding carboxylic acids is 3. The standard InChI is InChI=1S/C21H23NO5/c1-5-22(19-11-10-18(13-23)14(2)12-19)15(3)27-21(25)17-8-6-16(7-9-17)20(24)26-4/h6-13,15H,5H2,1-4H3. The van der Waals surface area contributed by atoms with Crippen LogP contribution in [0.1, 0.15) is 50.5 Å². The summed E-state index contributed by atoms with van der Waals surface area (Å²) in [6, 6.07) is 11.6. The Morgan fingerprint density at radius 1 is 1.07 bits per heavy atom. The second kappa shape index (κ2) is 8.98. The lowest BCUT2D eigenvalue weighted by Gasteiger charge is -2.30. The molecule has 0 fully saturated rings. The summed E-state index contributed by atoms with van der Waals surface area (Å²) < 4.78 is 10.2. The molecule has 0 aliphatic rings. The summed E-state index contributed by atoms with van der Waals surface area (Å²) in [4.78, 5) is 36.8. The molecule has 142 valence electrons. The Bertz CT molecular complexity index is 829. The molecule has 1 unspecified atom stereocenters. The SMILES string of the molecule is CCN(c1ccc(C=O)c(C)c1)C(C)OC(=O)c1ccc(C(=O)OC)cc1. The minimum Gasteiger partial charge on any atom is -0.465 e. The summed E-state index contributed by atoms with van der Waals surface area (Å²) >= 11 is 0. The number of hydrogen-bond donors (Lipinski definition) is 0. The van der Waals surface area contributed by atoms with E-state index in [1.54, 1.807) is 13.0 Å². The Labute approximate surface area is 158 Å². The normalized spacial score (nSPS) is 11.4. The van der Waals surface area contributed by atoms with Crippen molar-refractivity contribution in [2.75, 3.05) is 18.6 Å². The minimum absolute atomic E-state index is 0.345. The molecule has 0 radical (unpaired) electrons. The highest BCUT2D eigenvalue weighted by Gasteiger charge is 2.19. The molecule has 0 amide bonds. The number of benzene rings is 2. The van der Waals surface area contributed by atoms with Crippen molar-refractivity contribution in [2.24, 2.45) is 0 Å². The molecule has 0 heterocycles. The first kappa shape index (κ1) is 20.2. The van der Waals surface area contributed by atoms with E-state index < -0.39 is 18.2 Å². The number of ether oxygens (including phenoxy) is 2. The number of carbonyl (C=O) groups is 3. The van der Waals surface area contributed by atoms with Gasteiger partial charge in [-0.15, -0.1) is 0 Å². The first-order valence-electron chi connectivity index (χ1n) is 8.63. The zero-order valence-corrected chi connectivity index (χ0v) is 15.9. The van der Waals surface area contributed by atoms with Crippen LogP contribution in [-0.2, 0) is 9.47 Å². The molecule has 0 bridgehead atoms. The molecule has 0 aliphatic carbocycles. The molecular weight excluding hydrogens is 346 g/mol. The van der Waals surface area contributed by atoms with E-state index in [9.17, 15) is 14.4 Å². The van der Waals surface area contributed by atoms with Gasteiger partial charge in [0.2, 0.25) is 0 Å². The summed E-state index contributed by atoms with van der Waals surface area (Å²) in [5.41, 5.74) is 3.06. The Morgan fingerprint density at radius 3 is 2.15 bits per heavy atom. The molecule has 0 saturated carbocycles. The van der Waals surface area contributed by atoms with Crippen LogP contribution in [0.15, 0.2) is 42.5 Å². The highest BCUT2D eigenvalue weighted by atomic mass is 16.6. The molecular formula is C21H23NO5. The van der Waals surface area contributed by atoms with E-state index in [1.807, 2.05) is 30.9 Å². The van der Waals surface area contributed by atoms with E-state index in [4.69, 9.17) is 4.74 Å². The van der Waals surface area contributed by atoms with Gasteiger partial charge in [0.1, 0.15) is 6.29 Å². The summed E-state index contributed by atoms with van der Waals surface area (Å²) in [5, 5.41) is 0. The number of aldehydes is 1. The summed E-state index contributed by atoms with van der Waals surface area (Å²) in [7, 11) is 1.30. The Hall–Kier alpha value is -3.15. The van der Waals surface area contributed by atoms with Gasteiger partial charge in [0.15, 0.2) is 6.23 Å². The van der Waals surface area contributed by atoms with E-state index in [0.29, 0.717) is 23.2 Å². The van der Waals surface area contributed by atoms with Crippen molar-refractivity contribution in [1.82, 2.24) is 0 Å². The smallest absolute Gasteiger partial charge is 0.340 e. The molecule has 27 heavy (non-hydrogen) atoms. The van der Waals surface area contributed by atoms with Crippen LogP contribution < -0.4 is 4.90 Å². The number of anilines is 1. The van der Waals surface area contributed by atoms with Gasteiger partial charge in [-0.25, -0.2) is 9.59 Å². The zero-order valence-electron chi connectivity index (χ0n) is 15.9. The molecule has 2 aromatic rings. The van der Waals surface area contributed by atoms with Gasteiger partial charge in [-0.1, -0.05) is 0 Å². The topological polar surface area (TPSA) is 72.9 Å². The third-order valence-corrected chi connectivity index (χ3v) is 4.31. The molecule has 0 spiro atoms. The van der Waals surface area contributed by atoms with Crippen molar-refractivity contribution in [3.63, 3.8) is 0 Å². The second-order valence-corrected chi connectivity index (χ2v) is 6.02. The Morgan fingerprint density at radius 2 is 1.67 bits per heavy atom. The lowest BCUT2D eigenvalue weighted by molar-refractivity contribution is 0.0335. The number of methoxy groups -OCH3 is 1. The van der Waals surface area contributed by atoms with E-state index in [1.165, 1.54) is 31.4 Å². The molecule has 2 aromatic carbocycles. The maximum Gasteiger partial charge on any atom is 0.340 e. The minimum atomic E-state index is -0.510. The van der Waals surface area contributed by atoms with Crippen LogP contribution in [0.3, 0.4) is 0 Å². The summed E-state index contributed by atoms with van der Waals surface area (Å²) in [6.07, 6.45) is 0.306. The van der Waals surface area contributed by atoms with Crippen molar-refractivity contribution in [1.29, 1.82) is 0 Å². The van der Waals surface area contributed by atoms with Gasteiger partial charge in [-0.2, -0.15) is 0 Å². The van der Waals surface area contributed by atoms with Crippen LogP contribution >= 0.6 is 0 Å². The molecule has 1 atom stereocenters. The molecule has 0 aliphatic heterocycles. The van der Waals surface area contributed by atoms with Gasteiger partial charge < -0.3 is 14.4 Å². The van der Waals surface area contributed by atoms with Crippen LogP contribution in [0.4, 0.5) is 5.69 Å². The van der Waals surface area contributed by atoms with Crippen LogP contribution in [0.25, 0.3) is 0 Å². The van der Waals surface area contributed by atoms with E-state index in [-0.39, 0.29) is 0 Å². The van der Waals surface area contributed by atoms with Crippen LogP contribution in [-0.4, -0.2) is 38.1 Å². The average molecular weight is 369 g/mol. The molecule has 6 heteroatoms. The highest BCUT2D eigenvalue weighted by Crippen LogP contribution is 2.21. The van der Waals surface area contributed by atoms with E-state index in [0.717, 1.165) is 17.5 Å². The van der Waals surface area contributed by atoms with E-state index >= 15 is 0 Å². The first-order valence-corrected chi connectivity index (χ1v) is 8.63. The Kier molecular flexibility index (Phi) is 6.71. The van der Waals surface area contributed by atoms with E-state index in [2.05, 4.69) is 4.74 Å². The second-order valence-electron chi connectivity index (χ2n) is 6.02. The maximum absolute atomic E-state index is 12.4. The Balaban J connectivity index is 2.12. The van der Waals surface area contributed by atoms with Crippen molar-refractivity contribution in [2.45, 2.75) is 27.0 Å². The molecule has 0 saturated heterocycles. The number of esters is 2. The van der Waals surface area contributed by atoms with Crippen LogP contribution in [0.5, 0.6) is 0 Å². The highest BCUT2D eigenvalue weighted by molar-refractivity contribution is 5.93. The van der Waals surface area contributed by atoms with Crippen molar-refractivity contribution >= 4 is 23.9 Å². The maximum atomic E-state index is 12.4. The lowest BCUT2D eigenvalue weighted by atomic mass is 10.1. The molecule has 0 aromatic heterocycles. The summed E-state index contributed by atoms with van der Waals surface area (Å²) in [5.74, 6) is -0.951. The fourth-order valence-corrected chi connectivity index (χ4v) is 2.77. The molecule has 6 nitrogen and oxygen atoms in total. The number of nitrogens with zero attached hydrogens (tertiary/aromatic N) is 1. The van der Waals surface area contributed by atoms with Gasteiger partial charge in [-0.3, -0.25) is 4.79 Å². The number of hydrogen-bond acceptors (Lipinski definition) is 6. The van der Waals surface area contributed by atoms with Gasteiger partial charge in [0.05, 0.1) is 18.2 Å². The van der Waals surface area contributed by atoms with Gasteiger partial charge in [-0.05, 0) is 68.8 Å². The van der Waals surface area contributed by atoms with Gasteiger partial charge >= 0.3 is 11.9 Å². The third kappa shape index (κ3) is 4.73. The zero-order chi connectivity index (χ0) is 20.0. The van der Waals surface area contributed by atoms with Crippen molar-refractivity contribution < 1.29 is 23.9 Å². The van der Waals surface area contributed by atoms with Gasteiger partial charge in [0.25, 0.3) is 0 Å². The largest absolute Gasteiger partial charge is 0.465 e. The van der Waals surface area contributed by atoms with Crippen LogP contribution in [0.2, 0.25) is 0 Å². The lowest BCUT2D eigenvalue weighted by Crippen LogP contribution is -2.36. The van der Waals surface area contributed by atoms with Crippen LogP contribution in [0, 0.1) is 6.92 Å². The van der Waals surface area contributed by atoms with Gasteiger partial charge in [0, 0.05) is 17.8 Å². The fourth-order valence-electron chi connectivity index (χ4n) is 2.77. The van der Waals surface area contributed by atoms with Crippen molar-refractivity contribution in [3.8, 4) is 0 Å². The quantitative estimate of drug-likeness (QED) is 0.422. The third-order valence-electron chi connectivity index (χ3n) is 4.31. The predicted octanol–water partition coefficient (Wildman–Crippen LogP) is 3.62. The molecule has 0 N–H and O–H groups in total. The first-order chi connectivity index (χ1) is 12.9. The average Bonchev–Trinajstić information content (AvgIpc) is 2.68. The fraction of sp³-hybridized carbons (Fsp3) is 0.286. The predicted molar refractivity (Wildman–Crippen MR) is 102 cm³/mol. The number of rotatable bonds is 7. The monoisotopic (exact) mass is 369 g/mol. The van der Waals surface area contributed by atoms with Crippen molar-refractivity contribution in [3.05, 3.63) is 64.7 Å².